The van der Waals surface area contributed by atoms with Crippen LogP contribution in [0.1, 0.15) is 12.0 Å². The van der Waals surface area contributed by atoms with Gasteiger partial charge in [-0.05, 0) is 30.3 Å². The van der Waals surface area contributed by atoms with Crippen molar-refractivity contribution in [2.75, 3.05) is 37.6 Å². The van der Waals surface area contributed by atoms with Crippen molar-refractivity contribution < 1.29 is 41.8 Å². The summed E-state index contributed by atoms with van der Waals surface area (Å²) < 4.78 is 53.7. The third kappa shape index (κ3) is 5.73. The molecule has 2 amide bonds. The van der Waals surface area contributed by atoms with Crippen LogP contribution in [0.15, 0.2) is 42.5 Å². The highest BCUT2D eigenvalue weighted by atomic mass is 19.4. The van der Waals surface area contributed by atoms with Gasteiger partial charge in [0.2, 0.25) is 5.91 Å². The van der Waals surface area contributed by atoms with E-state index in [0.717, 1.165) is 18.2 Å². The van der Waals surface area contributed by atoms with Crippen molar-refractivity contribution in [3.8, 4) is 11.5 Å². The maximum atomic E-state index is 12.8. The van der Waals surface area contributed by atoms with Crippen molar-refractivity contribution in [1.29, 1.82) is 0 Å². The minimum absolute atomic E-state index is 0.0234. The number of halogens is 3. The Morgan fingerprint density at radius 1 is 1.12 bits per heavy atom. The SMILES string of the molecule is COc1ccc(N2C[C@@H](C(=O)OCC(=O)Nc3cccc(C(F)(F)F)c3)CC2=O)c(OC)c1. The van der Waals surface area contributed by atoms with E-state index in [-0.39, 0.29) is 24.6 Å². The van der Waals surface area contributed by atoms with E-state index in [2.05, 4.69) is 5.32 Å². The molecule has 0 bridgehead atoms. The van der Waals surface area contributed by atoms with Crippen LogP contribution in [-0.2, 0) is 25.3 Å². The van der Waals surface area contributed by atoms with E-state index < -0.39 is 36.1 Å². The number of carbonyl (C=O) groups excluding carboxylic acids is 3. The number of ether oxygens (including phenoxy) is 3. The fourth-order valence-corrected chi connectivity index (χ4v) is 3.33. The molecule has 0 spiro atoms. The number of amides is 2. The van der Waals surface area contributed by atoms with E-state index in [0.29, 0.717) is 17.2 Å². The molecule has 176 valence electrons. The highest BCUT2D eigenvalue weighted by Gasteiger charge is 2.37. The summed E-state index contributed by atoms with van der Waals surface area (Å²) in [5, 5.41) is 2.25. The number of nitrogens with zero attached hydrogens (tertiary/aromatic N) is 1. The summed E-state index contributed by atoms with van der Waals surface area (Å²) in [7, 11) is 2.93. The summed E-state index contributed by atoms with van der Waals surface area (Å²) in [6.07, 6.45) is -4.68. The first-order valence-electron chi connectivity index (χ1n) is 9.78. The number of methoxy groups -OCH3 is 2. The van der Waals surface area contributed by atoms with Gasteiger partial charge in [-0.25, -0.2) is 0 Å². The average molecular weight is 466 g/mol. The predicted molar refractivity (Wildman–Crippen MR) is 111 cm³/mol. The Morgan fingerprint density at radius 2 is 1.88 bits per heavy atom. The third-order valence-corrected chi connectivity index (χ3v) is 4.96. The molecular formula is C22H21F3N2O6. The highest BCUT2D eigenvalue weighted by Crippen LogP contribution is 2.36. The first-order valence-corrected chi connectivity index (χ1v) is 9.78. The molecule has 1 fully saturated rings. The van der Waals surface area contributed by atoms with Crippen LogP contribution in [0.4, 0.5) is 24.5 Å². The quantitative estimate of drug-likeness (QED) is 0.630. The monoisotopic (exact) mass is 466 g/mol. The normalized spacial score (nSPS) is 15.8. The third-order valence-electron chi connectivity index (χ3n) is 4.96. The van der Waals surface area contributed by atoms with Gasteiger partial charge >= 0.3 is 12.1 Å². The van der Waals surface area contributed by atoms with Crippen LogP contribution in [0.3, 0.4) is 0 Å². The lowest BCUT2D eigenvalue weighted by molar-refractivity contribution is -0.151. The van der Waals surface area contributed by atoms with Crippen LogP contribution in [0, 0.1) is 5.92 Å². The summed E-state index contributed by atoms with van der Waals surface area (Å²) >= 11 is 0. The minimum Gasteiger partial charge on any atom is -0.497 e. The largest absolute Gasteiger partial charge is 0.497 e. The molecule has 8 nitrogen and oxygen atoms in total. The van der Waals surface area contributed by atoms with E-state index in [1.165, 1.54) is 25.2 Å². The number of hydrogen-bond acceptors (Lipinski definition) is 6. The van der Waals surface area contributed by atoms with Crippen molar-refractivity contribution in [3.63, 3.8) is 0 Å². The van der Waals surface area contributed by atoms with Crippen LogP contribution >= 0.6 is 0 Å². The van der Waals surface area contributed by atoms with Crippen molar-refractivity contribution in [3.05, 3.63) is 48.0 Å². The lowest BCUT2D eigenvalue weighted by atomic mass is 10.1. The predicted octanol–water partition coefficient (Wildman–Crippen LogP) is 3.26. The highest BCUT2D eigenvalue weighted by molar-refractivity contribution is 6.01. The second-order valence-corrected chi connectivity index (χ2v) is 7.18. The Balaban J connectivity index is 1.57. The molecule has 11 heteroatoms. The number of benzene rings is 2. The lowest BCUT2D eigenvalue weighted by Gasteiger charge is -2.20. The number of alkyl halides is 3. The molecule has 0 aromatic heterocycles. The lowest BCUT2D eigenvalue weighted by Crippen LogP contribution is -2.28. The fraction of sp³-hybridized carbons (Fsp3) is 0.318. The molecule has 1 atom stereocenters. The van der Waals surface area contributed by atoms with E-state index in [1.807, 2.05) is 0 Å². The molecule has 1 N–H and O–H groups in total. The van der Waals surface area contributed by atoms with Gasteiger partial charge in [-0.1, -0.05) is 6.07 Å². The number of rotatable bonds is 7. The molecule has 33 heavy (non-hydrogen) atoms. The summed E-state index contributed by atoms with van der Waals surface area (Å²) in [5.41, 5.74) is -0.545. The Labute approximate surface area is 187 Å². The Morgan fingerprint density at radius 3 is 2.55 bits per heavy atom. The summed E-state index contributed by atoms with van der Waals surface area (Å²) in [5.74, 6) is -1.79. The molecule has 2 aromatic rings. The van der Waals surface area contributed by atoms with E-state index in [9.17, 15) is 27.6 Å². The fourth-order valence-electron chi connectivity index (χ4n) is 3.33. The van der Waals surface area contributed by atoms with Gasteiger partial charge in [0.05, 0.1) is 31.4 Å². The first kappa shape index (κ1) is 23.9. The molecule has 0 saturated carbocycles. The smallest absolute Gasteiger partial charge is 0.416 e. The van der Waals surface area contributed by atoms with Gasteiger partial charge in [0.1, 0.15) is 11.5 Å². The molecule has 1 aliphatic rings. The zero-order chi connectivity index (χ0) is 24.2. The summed E-state index contributed by atoms with van der Waals surface area (Å²) in [6.45, 7) is -0.679. The molecule has 1 saturated heterocycles. The van der Waals surface area contributed by atoms with Crippen LogP contribution < -0.4 is 19.7 Å². The van der Waals surface area contributed by atoms with Gasteiger partial charge in [0.15, 0.2) is 6.61 Å². The molecule has 0 radical (unpaired) electrons. The second kappa shape index (κ2) is 9.80. The topological polar surface area (TPSA) is 94.2 Å². The number of anilines is 2. The number of esters is 1. The van der Waals surface area contributed by atoms with Crippen molar-refractivity contribution >= 4 is 29.2 Å². The zero-order valence-corrected chi connectivity index (χ0v) is 17.8. The molecule has 2 aromatic carbocycles. The number of carbonyl (C=O) groups is 3. The number of nitrogens with one attached hydrogen (secondary N) is 1. The molecule has 3 rings (SSSR count). The summed E-state index contributed by atoms with van der Waals surface area (Å²) in [6, 6.07) is 8.96. The zero-order valence-electron chi connectivity index (χ0n) is 17.8. The van der Waals surface area contributed by atoms with Crippen molar-refractivity contribution in [1.82, 2.24) is 0 Å². The molecule has 0 unspecified atom stereocenters. The van der Waals surface area contributed by atoms with Crippen molar-refractivity contribution in [2.24, 2.45) is 5.92 Å². The first-order chi connectivity index (χ1) is 15.6. The number of hydrogen-bond donors (Lipinski definition) is 1. The molecule has 1 heterocycles. The Hall–Kier alpha value is -3.76. The van der Waals surface area contributed by atoms with E-state index in [4.69, 9.17) is 14.2 Å². The standard InChI is InChI=1S/C22H21F3N2O6/c1-31-16-6-7-17(18(10-16)32-2)27-11-13(8-20(27)29)21(30)33-12-19(28)26-15-5-3-4-14(9-15)22(23,24)25/h3-7,9-10,13H,8,11-12H2,1-2H3,(H,26,28)/t13-/m0/s1. The Bertz CT molecular complexity index is 1060. The van der Waals surface area contributed by atoms with Crippen LogP contribution in [0.25, 0.3) is 0 Å². The van der Waals surface area contributed by atoms with Gasteiger partial charge in [-0.3, -0.25) is 14.4 Å². The van der Waals surface area contributed by atoms with Gasteiger partial charge in [0.25, 0.3) is 5.91 Å². The van der Waals surface area contributed by atoms with Gasteiger partial charge in [0, 0.05) is 24.7 Å². The van der Waals surface area contributed by atoms with Gasteiger partial charge < -0.3 is 24.4 Å². The molecule has 1 aliphatic heterocycles. The van der Waals surface area contributed by atoms with Crippen molar-refractivity contribution in [2.45, 2.75) is 12.6 Å². The minimum atomic E-state index is -4.55. The van der Waals surface area contributed by atoms with E-state index in [1.54, 1.807) is 18.2 Å². The van der Waals surface area contributed by atoms with Crippen LogP contribution in [0.2, 0.25) is 0 Å². The average Bonchev–Trinajstić information content (AvgIpc) is 3.18. The van der Waals surface area contributed by atoms with Gasteiger partial charge in [-0.15, -0.1) is 0 Å². The van der Waals surface area contributed by atoms with Crippen LogP contribution in [0.5, 0.6) is 11.5 Å². The molecular weight excluding hydrogens is 445 g/mol. The maximum absolute atomic E-state index is 12.8. The summed E-state index contributed by atoms with van der Waals surface area (Å²) in [4.78, 5) is 38.2. The van der Waals surface area contributed by atoms with Crippen LogP contribution in [-0.4, -0.2) is 45.2 Å². The van der Waals surface area contributed by atoms with E-state index >= 15 is 0 Å². The maximum Gasteiger partial charge on any atom is 0.416 e. The molecule has 0 aliphatic carbocycles. The van der Waals surface area contributed by atoms with Gasteiger partial charge in [-0.2, -0.15) is 13.2 Å². The Kier molecular flexibility index (Phi) is 7.10. The second-order valence-electron chi connectivity index (χ2n) is 7.18.